The third-order valence-electron chi connectivity index (χ3n) is 3.88. The van der Waals surface area contributed by atoms with Gasteiger partial charge in [-0.2, -0.15) is 0 Å². The fourth-order valence-electron chi connectivity index (χ4n) is 2.99. The van der Waals surface area contributed by atoms with Gasteiger partial charge >= 0.3 is 0 Å². The summed E-state index contributed by atoms with van der Waals surface area (Å²) < 4.78 is 30.5. The molecule has 2 aliphatic rings. The Morgan fingerprint density at radius 3 is 2.56 bits per heavy atom. The van der Waals surface area contributed by atoms with E-state index in [-0.39, 0.29) is 5.60 Å². The maximum Gasteiger partial charge on any atom is 0.296 e. The molecule has 2 fully saturated rings. The lowest BCUT2D eigenvalue weighted by atomic mass is 9.75. The molecule has 0 aromatic carbocycles. The second kappa shape index (κ2) is 4.78. The standard InChI is InChI=1S/C12H18F2O2/c13-11(14)10(15)9-4-7-16-12(8-9)5-2-1-3-6-12/h9,11H,1-8H2. The minimum absolute atomic E-state index is 0.258. The third-order valence-corrected chi connectivity index (χ3v) is 3.88. The second-order valence-electron chi connectivity index (χ2n) is 4.98. The highest BCUT2D eigenvalue weighted by molar-refractivity contribution is 5.84. The van der Waals surface area contributed by atoms with E-state index in [4.69, 9.17) is 4.74 Å². The number of carbonyl (C=O) groups is 1. The van der Waals surface area contributed by atoms with Crippen molar-refractivity contribution >= 4 is 5.78 Å². The van der Waals surface area contributed by atoms with Crippen LogP contribution in [0.5, 0.6) is 0 Å². The quantitative estimate of drug-likeness (QED) is 0.731. The van der Waals surface area contributed by atoms with E-state index in [1.54, 1.807) is 0 Å². The zero-order valence-corrected chi connectivity index (χ0v) is 9.38. The molecule has 1 spiro atoms. The SMILES string of the molecule is O=C(C(F)F)C1CCOC2(CCCCC2)C1. The Labute approximate surface area is 94.3 Å². The number of halogens is 2. The molecule has 92 valence electrons. The number of carbonyl (C=O) groups excluding carboxylic acids is 1. The summed E-state index contributed by atoms with van der Waals surface area (Å²) in [6.45, 7) is 0.461. The topological polar surface area (TPSA) is 26.3 Å². The molecular formula is C12H18F2O2. The average Bonchev–Trinajstić information content (AvgIpc) is 2.29. The van der Waals surface area contributed by atoms with Crippen LogP contribution in [0.3, 0.4) is 0 Å². The molecule has 1 atom stereocenters. The van der Waals surface area contributed by atoms with Crippen molar-refractivity contribution in [3.8, 4) is 0 Å². The minimum Gasteiger partial charge on any atom is -0.375 e. The van der Waals surface area contributed by atoms with Gasteiger partial charge in [0.05, 0.1) is 5.60 Å². The molecular weight excluding hydrogens is 214 g/mol. The summed E-state index contributed by atoms with van der Waals surface area (Å²) in [5, 5.41) is 0. The van der Waals surface area contributed by atoms with Crippen LogP contribution in [0.2, 0.25) is 0 Å². The fraction of sp³-hybridized carbons (Fsp3) is 0.917. The van der Waals surface area contributed by atoms with E-state index in [1.807, 2.05) is 0 Å². The van der Waals surface area contributed by atoms with Crippen molar-refractivity contribution in [2.45, 2.75) is 57.0 Å². The summed E-state index contributed by atoms with van der Waals surface area (Å²) in [6.07, 6.45) is 3.40. The number of rotatable bonds is 2. The van der Waals surface area contributed by atoms with Crippen molar-refractivity contribution in [1.82, 2.24) is 0 Å². The van der Waals surface area contributed by atoms with Gasteiger partial charge in [-0.1, -0.05) is 19.3 Å². The van der Waals surface area contributed by atoms with Crippen LogP contribution in [0, 0.1) is 5.92 Å². The predicted octanol–water partition coefficient (Wildman–Crippen LogP) is 2.95. The van der Waals surface area contributed by atoms with Crippen LogP contribution in [-0.2, 0) is 9.53 Å². The Kier molecular flexibility index (Phi) is 3.57. The molecule has 16 heavy (non-hydrogen) atoms. The van der Waals surface area contributed by atoms with Crippen molar-refractivity contribution in [2.24, 2.45) is 5.92 Å². The summed E-state index contributed by atoms with van der Waals surface area (Å²) in [5.74, 6) is -1.36. The number of Topliss-reactive ketones (excluding diaryl/α,β-unsaturated/α-hetero) is 1. The summed E-state index contributed by atoms with van der Waals surface area (Å²) in [7, 11) is 0. The summed E-state index contributed by atoms with van der Waals surface area (Å²) in [6, 6.07) is 0. The van der Waals surface area contributed by atoms with Gasteiger partial charge in [-0.3, -0.25) is 4.79 Å². The van der Waals surface area contributed by atoms with Crippen LogP contribution >= 0.6 is 0 Å². The number of ether oxygens (including phenoxy) is 1. The van der Waals surface area contributed by atoms with Gasteiger partial charge in [0.2, 0.25) is 5.78 Å². The van der Waals surface area contributed by atoms with E-state index in [0.717, 1.165) is 25.7 Å². The zero-order valence-electron chi connectivity index (χ0n) is 9.38. The molecule has 0 aromatic rings. The van der Waals surface area contributed by atoms with Gasteiger partial charge in [0.15, 0.2) is 0 Å². The van der Waals surface area contributed by atoms with Gasteiger partial charge in [0.25, 0.3) is 6.43 Å². The van der Waals surface area contributed by atoms with Crippen molar-refractivity contribution < 1.29 is 18.3 Å². The lowest BCUT2D eigenvalue weighted by molar-refractivity contribution is -0.151. The molecule has 1 heterocycles. The molecule has 2 rings (SSSR count). The average molecular weight is 232 g/mol. The number of ketones is 1. The highest BCUT2D eigenvalue weighted by Gasteiger charge is 2.42. The van der Waals surface area contributed by atoms with E-state index in [2.05, 4.69) is 0 Å². The first-order valence-electron chi connectivity index (χ1n) is 6.09. The Balaban J connectivity index is 2.00. The molecule has 4 heteroatoms. The van der Waals surface area contributed by atoms with E-state index >= 15 is 0 Å². The number of hydrogen-bond donors (Lipinski definition) is 0. The summed E-state index contributed by atoms with van der Waals surface area (Å²) in [4.78, 5) is 11.3. The number of hydrogen-bond acceptors (Lipinski definition) is 2. The van der Waals surface area contributed by atoms with Crippen LogP contribution in [0.4, 0.5) is 8.78 Å². The molecule has 0 amide bonds. The van der Waals surface area contributed by atoms with Crippen molar-refractivity contribution in [3.05, 3.63) is 0 Å². The zero-order chi connectivity index (χ0) is 11.6. The van der Waals surface area contributed by atoms with Crippen LogP contribution in [0.15, 0.2) is 0 Å². The van der Waals surface area contributed by atoms with Gasteiger partial charge in [0, 0.05) is 12.5 Å². The minimum atomic E-state index is -2.82. The Morgan fingerprint density at radius 2 is 1.94 bits per heavy atom. The second-order valence-corrected chi connectivity index (χ2v) is 4.98. The van der Waals surface area contributed by atoms with Gasteiger partial charge in [0.1, 0.15) is 0 Å². The normalized spacial score (nSPS) is 29.6. The van der Waals surface area contributed by atoms with Crippen LogP contribution in [-0.4, -0.2) is 24.4 Å². The Morgan fingerprint density at radius 1 is 1.25 bits per heavy atom. The van der Waals surface area contributed by atoms with E-state index < -0.39 is 18.1 Å². The Bertz CT molecular complexity index is 254. The van der Waals surface area contributed by atoms with Crippen molar-refractivity contribution in [1.29, 1.82) is 0 Å². The molecule has 0 radical (unpaired) electrons. The lowest BCUT2D eigenvalue weighted by Gasteiger charge is -2.43. The molecule has 1 aliphatic heterocycles. The molecule has 2 nitrogen and oxygen atoms in total. The highest BCUT2D eigenvalue weighted by atomic mass is 19.3. The van der Waals surface area contributed by atoms with Crippen LogP contribution in [0.25, 0.3) is 0 Å². The smallest absolute Gasteiger partial charge is 0.296 e. The Hall–Kier alpha value is -0.510. The first-order valence-corrected chi connectivity index (χ1v) is 6.09. The van der Waals surface area contributed by atoms with Gasteiger partial charge in [-0.15, -0.1) is 0 Å². The fourth-order valence-corrected chi connectivity index (χ4v) is 2.99. The molecule has 1 aliphatic carbocycles. The largest absolute Gasteiger partial charge is 0.375 e. The maximum absolute atomic E-state index is 12.4. The molecule has 1 saturated carbocycles. The highest BCUT2D eigenvalue weighted by Crippen LogP contribution is 2.41. The molecule has 1 unspecified atom stereocenters. The maximum atomic E-state index is 12.4. The first kappa shape index (κ1) is 12.0. The molecule has 0 aromatic heterocycles. The van der Waals surface area contributed by atoms with Crippen LogP contribution in [0.1, 0.15) is 44.9 Å². The summed E-state index contributed by atoms with van der Waals surface area (Å²) >= 11 is 0. The predicted molar refractivity (Wildman–Crippen MR) is 55.5 cm³/mol. The number of alkyl halides is 2. The van der Waals surface area contributed by atoms with Crippen molar-refractivity contribution in [3.63, 3.8) is 0 Å². The van der Waals surface area contributed by atoms with Gasteiger partial charge in [-0.25, -0.2) is 8.78 Å². The monoisotopic (exact) mass is 232 g/mol. The lowest BCUT2D eigenvalue weighted by Crippen LogP contribution is -2.44. The summed E-state index contributed by atoms with van der Waals surface area (Å²) in [5.41, 5.74) is -0.258. The van der Waals surface area contributed by atoms with E-state index in [1.165, 1.54) is 6.42 Å². The van der Waals surface area contributed by atoms with Gasteiger partial charge in [-0.05, 0) is 25.7 Å². The van der Waals surface area contributed by atoms with Crippen molar-refractivity contribution in [2.75, 3.05) is 6.61 Å². The van der Waals surface area contributed by atoms with Crippen LogP contribution < -0.4 is 0 Å². The first-order chi connectivity index (χ1) is 7.63. The third kappa shape index (κ3) is 2.42. The molecule has 0 bridgehead atoms. The molecule has 0 N–H and O–H groups in total. The molecule has 1 saturated heterocycles. The van der Waals surface area contributed by atoms with E-state index in [9.17, 15) is 13.6 Å². The van der Waals surface area contributed by atoms with E-state index in [0.29, 0.717) is 19.4 Å². The van der Waals surface area contributed by atoms with Gasteiger partial charge < -0.3 is 4.74 Å².